The molecule has 0 aliphatic carbocycles. The normalized spacial score (nSPS) is 14.8. The van der Waals surface area contributed by atoms with Gasteiger partial charge in [-0.3, -0.25) is 0 Å². The van der Waals surface area contributed by atoms with Crippen molar-refractivity contribution in [3.05, 3.63) is 59.9 Å². The largest absolute Gasteiger partial charge is 0.548 e. The number of benzene rings is 1. The summed E-state index contributed by atoms with van der Waals surface area (Å²) in [5.74, 6) is 0. The van der Waals surface area contributed by atoms with Gasteiger partial charge in [0.15, 0.2) is 0 Å². The van der Waals surface area contributed by atoms with Gasteiger partial charge in [-0.15, -0.1) is 0 Å². The third-order valence-corrected chi connectivity index (χ3v) is 11.1. The highest BCUT2D eigenvalue weighted by Crippen LogP contribution is 2.42. The fourth-order valence-electron chi connectivity index (χ4n) is 3.93. The molecule has 0 spiro atoms. The SMILES string of the molecule is C/C(=C\C=C\O[Si](C(C)C)(C(C)C)C(C)C)CC(O)c1ccccc1. The molecule has 2 nitrogen and oxygen atoms in total. The minimum atomic E-state index is -1.85. The Morgan fingerprint density at radius 1 is 1.00 bits per heavy atom. The molecular formula is C22H36O2Si. The van der Waals surface area contributed by atoms with Crippen LogP contribution in [-0.4, -0.2) is 13.4 Å². The number of rotatable bonds is 9. The van der Waals surface area contributed by atoms with Crippen LogP contribution in [0.3, 0.4) is 0 Å². The molecule has 1 N–H and O–H groups in total. The van der Waals surface area contributed by atoms with Crippen LogP contribution in [0.4, 0.5) is 0 Å². The molecule has 1 unspecified atom stereocenters. The van der Waals surface area contributed by atoms with Crippen LogP contribution in [0.2, 0.25) is 16.6 Å². The average molecular weight is 361 g/mol. The quantitative estimate of drug-likeness (QED) is 0.299. The van der Waals surface area contributed by atoms with E-state index in [0.717, 1.165) is 11.1 Å². The molecule has 0 aliphatic heterocycles. The zero-order valence-electron chi connectivity index (χ0n) is 17.0. The first-order chi connectivity index (χ1) is 11.7. The van der Waals surface area contributed by atoms with Gasteiger partial charge in [0.1, 0.15) is 0 Å². The molecule has 0 aliphatic rings. The standard InChI is InChI=1S/C22H36O2Si/c1-17(2)25(18(3)4,19(5)6)24-15-11-12-20(7)16-22(23)21-13-9-8-10-14-21/h8-15,17-19,22-23H,16H2,1-7H3/b15-11+,20-12+. The molecular weight excluding hydrogens is 324 g/mol. The Bertz CT molecular complexity index is 537. The summed E-state index contributed by atoms with van der Waals surface area (Å²) >= 11 is 0. The lowest BCUT2D eigenvalue weighted by atomic mass is 10.0. The van der Waals surface area contributed by atoms with E-state index in [1.54, 1.807) is 0 Å². The van der Waals surface area contributed by atoms with Crippen LogP contribution in [0.5, 0.6) is 0 Å². The summed E-state index contributed by atoms with van der Waals surface area (Å²) in [5.41, 5.74) is 3.81. The van der Waals surface area contributed by atoms with Crippen LogP contribution in [0.1, 0.15) is 66.6 Å². The van der Waals surface area contributed by atoms with Crippen LogP contribution in [0, 0.1) is 0 Å². The van der Waals surface area contributed by atoms with Gasteiger partial charge in [0, 0.05) is 0 Å². The highest BCUT2D eigenvalue weighted by atomic mass is 28.4. The molecule has 1 aromatic carbocycles. The van der Waals surface area contributed by atoms with Gasteiger partial charge < -0.3 is 9.53 Å². The summed E-state index contributed by atoms with van der Waals surface area (Å²) in [6.07, 6.45) is 6.09. The fraction of sp³-hybridized carbons (Fsp3) is 0.545. The Morgan fingerprint density at radius 3 is 2.00 bits per heavy atom. The van der Waals surface area contributed by atoms with Crippen molar-refractivity contribution in [2.45, 2.75) is 77.6 Å². The molecule has 0 radical (unpaired) electrons. The lowest BCUT2D eigenvalue weighted by Gasteiger charge is -2.41. The molecule has 1 atom stereocenters. The molecule has 0 fully saturated rings. The summed E-state index contributed by atoms with van der Waals surface area (Å²) in [6.45, 7) is 15.8. The maximum Gasteiger partial charge on any atom is 0.257 e. The summed E-state index contributed by atoms with van der Waals surface area (Å²) in [7, 11) is -1.85. The van der Waals surface area contributed by atoms with E-state index in [1.165, 1.54) is 0 Å². The Kier molecular flexibility index (Phi) is 8.67. The first-order valence-electron chi connectivity index (χ1n) is 9.44. The van der Waals surface area contributed by atoms with Crippen molar-refractivity contribution in [3.8, 4) is 0 Å². The van der Waals surface area contributed by atoms with E-state index in [2.05, 4.69) is 48.5 Å². The van der Waals surface area contributed by atoms with Crippen molar-refractivity contribution in [2.24, 2.45) is 0 Å². The number of hydrogen-bond acceptors (Lipinski definition) is 2. The zero-order chi connectivity index (χ0) is 19.0. The average Bonchev–Trinajstić information content (AvgIpc) is 2.54. The van der Waals surface area contributed by atoms with Crippen molar-refractivity contribution in [2.75, 3.05) is 0 Å². The van der Waals surface area contributed by atoms with E-state index < -0.39 is 14.4 Å². The molecule has 3 heteroatoms. The van der Waals surface area contributed by atoms with Gasteiger partial charge in [0.25, 0.3) is 8.32 Å². The molecule has 0 bridgehead atoms. The van der Waals surface area contributed by atoms with Gasteiger partial charge in [-0.2, -0.15) is 0 Å². The maximum atomic E-state index is 10.3. The highest BCUT2D eigenvalue weighted by Gasteiger charge is 2.46. The van der Waals surface area contributed by atoms with Crippen molar-refractivity contribution in [1.29, 1.82) is 0 Å². The fourth-order valence-corrected chi connectivity index (χ4v) is 9.07. The van der Waals surface area contributed by atoms with E-state index >= 15 is 0 Å². The van der Waals surface area contributed by atoms with Crippen LogP contribution >= 0.6 is 0 Å². The smallest absolute Gasteiger partial charge is 0.257 e. The number of allylic oxidation sites excluding steroid dienone is 2. The Morgan fingerprint density at radius 2 is 1.52 bits per heavy atom. The van der Waals surface area contributed by atoms with E-state index in [9.17, 15) is 5.11 Å². The zero-order valence-corrected chi connectivity index (χ0v) is 18.0. The number of hydrogen-bond donors (Lipinski definition) is 1. The van der Waals surface area contributed by atoms with Crippen LogP contribution in [0.25, 0.3) is 0 Å². The number of aliphatic hydroxyl groups excluding tert-OH is 1. The van der Waals surface area contributed by atoms with Gasteiger partial charge in [-0.1, -0.05) is 83.5 Å². The molecule has 1 aromatic rings. The molecule has 0 saturated heterocycles. The van der Waals surface area contributed by atoms with Gasteiger partial charge in [-0.05, 0) is 41.6 Å². The van der Waals surface area contributed by atoms with E-state index in [1.807, 2.05) is 48.7 Å². The lowest BCUT2D eigenvalue weighted by molar-refractivity contribution is 0.178. The van der Waals surface area contributed by atoms with Gasteiger partial charge in [-0.25, -0.2) is 0 Å². The number of aliphatic hydroxyl groups is 1. The topological polar surface area (TPSA) is 29.5 Å². The highest BCUT2D eigenvalue weighted by molar-refractivity contribution is 6.77. The second kappa shape index (κ2) is 9.98. The predicted molar refractivity (Wildman–Crippen MR) is 111 cm³/mol. The summed E-state index contributed by atoms with van der Waals surface area (Å²) in [6, 6.07) is 9.81. The summed E-state index contributed by atoms with van der Waals surface area (Å²) in [5, 5.41) is 10.3. The summed E-state index contributed by atoms with van der Waals surface area (Å²) in [4.78, 5) is 0. The van der Waals surface area contributed by atoms with Crippen LogP contribution in [-0.2, 0) is 4.43 Å². The van der Waals surface area contributed by atoms with E-state index in [4.69, 9.17) is 4.43 Å². The Balaban J connectivity index is 2.72. The minimum absolute atomic E-state index is 0.456. The van der Waals surface area contributed by atoms with Gasteiger partial charge >= 0.3 is 0 Å². The third kappa shape index (κ3) is 5.86. The summed E-state index contributed by atoms with van der Waals surface area (Å²) < 4.78 is 6.41. The van der Waals surface area contributed by atoms with Crippen molar-refractivity contribution >= 4 is 8.32 Å². The molecule has 0 aromatic heterocycles. The van der Waals surface area contributed by atoms with Crippen LogP contribution in [0.15, 0.2) is 54.3 Å². The van der Waals surface area contributed by atoms with Gasteiger partial charge in [0.2, 0.25) is 0 Å². The van der Waals surface area contributed by atoms with Crippen LogP contribution < -0.4 is 0 Å². The molecule has 140 valence electrons. The van der Waals surface area contributed by atoms with Gasteiger partial charge in [0.05, 0.1) is 12.4 Å². The van der Waals surface area contributed by atoms with Crippen molar-refractivity contribution in [1.82, 2.24) is 0 Å². The minimum Gasteiger partial charge on any atom is -0.548 e. The Labute approximate surface area is 155 Å². The molecule has 1 rings (SSSR count). The monoisotopic (exact) mass is 360 g/mol. The molecule has 0 amide bonds. The first-order valence-corrected chi connectivity index (χ1v) is 11.6. The third-order valence-electron chi connectivity index (χ3n) is 5.14. The maximum absolute atomic E-state index is 10.3. The predicted octanol–water partition coefficient (Wildman–Crippen LogP) is 6.76. The van der Waals surface area contributed by atoms with Crippen molar-refractivity contribution < 1.29 is 9.53 Å². The Hall–Kier alpha value is -1.32. The molecule has 0 saturated carbocycles. The second-order valence-electron chi connectivity index (χ2n) is 7.91. The first kappa shape index (κ1) is 21.7. The van der Waals surface area contributed by atoms with E-state index in [-0.39, 0.29) is 0 Å². The molecule has 25 heavy (non-hydrogen) atoms. The van der Waals surface area contributed by atoms with Crippen molar-refractivity contribution in [3.63, 3.8) is 0 Å². The second-order valence-corrected chi connectivity index (χ2v) is 13.3. The lowest BCUT2D eigenvalue weighted by Crippen LogP contribution is -2.46. The molecule has 0 heterocycles. The van der Waals surface area contributed by atoms with E-state index in [0.29, 0.717) is 23.0 Å².